The van der Waals surface area contributed by atoms with Gasteiger partial charge in [-0.25, -0.2) is 15.1 Å². The zero-order valence-corrected chi connectivity index (χ0v) is 14.7. The molecule has 0 bridgehead atoms. The van der Waals surface area contributed by atoms with Crippen LogP contribution in [0.3, 0.4) is 0 Å². The lowest BCUT2D eigenvalue weighted by Crippen LogP contribution is -2.32. The van der Waals surface area contributed by atoms with Crippen molar-refractivity contribution in [3.05, 3.63) is 39.2 Å². The van der Waals surface area contributed by atoms with Gasteiger partial charge in [-0.05, 0) is 11.6 Å². The molecule has 1 fully saturated rings. The van der Waals surface area contributed by atoms with Crippen LogP contribution >= 0.6 is 58.4 Å². The van der Waals surface area contributed by atoms with Crippen molar-refractivity contribution >= 4 is 64.3 Å². The highest BCUT2D eigenvalue weighted by molar-refractivity contribution is 8.03. The standard InChI is InChI=1S/C10H9Cl4N5O2S/c11-8-2-1-7(5-15-8)6-17-3-4-18(22-10(12,13)14)9(17)16-19(20)21/h1-2,5H,3-4,6H2. The van der Waals surface area contributed by atoms with E-state index in [-0.39, 0.29) is 5.96 Å². The van der Waals surface area contributed by atoms with Gasteiger partial charge in [0.05, 0.1) is 6.54 Å². The molecule has 1 aliphatic heterocycles. The maximum Gasteiger partial charge on any atom is 0.284 e. The first-order valence-corrected chi connectivity index (χ1v) is 8.15. The number of halogens is 4. The first-order chi connectivity index (χ1) is 10.2. The summed E-state index contributed by atoms with van der Waals surface area (Å²) in [5.41, 5.74) is 0.834. The Balaban J connectivity index is 2.16. The van der Waals surface area contributed by atoms with Gasteiger partial charge >= 0.3 is 0 Å². The SMILES string of the molecule is O=[N+]([O-])N=C1N(Cc2ccc(Cl)nc2)CCN1SC(Cl)(Cl)Cl. The number of pyridine rings is 1. The predicted molar refractivity (Wildman–Crippen MR) is 88.7 cm³/mol. The molecule has 0 amide bonds. The molecule has 0 radical (unpaired) electrons. The maximum absolute atomic E-state index is 10.7. The molecule has 0 unspecified atom stereocenters. The summed E-state index contributed by atoms with van der Waals surface area (Å²) < 4.78 is -0.144. The van der Waals surface area contributed by atoms with Gasteiger partial charge in [-0.3, -0.25) is 4.31 Å². The highest BCUT2D eigenvalue weighted by atomic mass is 35.6. The number of alkyl halides is 3. The largest absolute Gasteiger partial charge is 0.331 e. The summed E-state index contributed by atoms with van der Waals surface area (Å²) in [7, 11) is 0. The number of nitrogens with zero attached hydrogens (tertiary/aromatic N) is 5. The highest BCUT2D eigenvalue weighted by Crippen LogP contribution is 2.42. The average Bonchev–Trinajstić information content (AvgIpc) is 2.73. The number of hydrogen-bond acceptors (Lipinski definition) is 4. The van der Waals surface area contributed by atoms with Gasteiger partial charge in [0.15, 0.2) is 5.03 Å². The van der Waals surface area contributed by atoms with Gasteiger partial charge < -0.3 is 4.90 Å². The van der Waals surface area contributed by atoms with E-state index in [1.54, 1.807) is 23.2 Å². The van der Waals surface area contributed by atoms with Gasteiger partial charge in [0, 0.05) is 31.2 Å². The lowest BCUT2D eigenvalue weighted by atomic mass is 10.3. The Hall–Kier alpha value is -0.670. The van der Waals surface area contributed by atoms with Crippen LogP contribution in [-0.4, -0.2) is 41.4 Å². The monoisotopic (exact) mass is 403 g/mol. The Bertz CT molecular complexity index is 580. The molecule has 1 aromatic rings. The third-order valence-corrected chi connectivity index (χ3v) is 4.24. The number of rotatable bonds is 4. The van der Waals surface area contributed by atoms with Gasteiger partial charge in [-0.15, -0.1) is 0 Å². The first-order valence-electron chi connectivity index (χ1n) is 5.86. The molecule has 0 spiro atoms. The topological polar surface area (TPSA) is 74.9 Å². The molecular formula is C10H9Cl4N5O2S. The van der Waals surface area contributed by atoms with Crippen LogP contribution in [0.25, 0.3) is 0 Å². The number of nitro groups is 1. The summed E-state index contributed by atoms with van der Waals surface area (Å²) in [6.07, 6.45) is 1.59. The van der Waals surface area contributed by atoms with Crippen molar-refractivity contribution in [2.45, 2.75) is 9.67 Å². The lowest BCUT2D eigenvalue weighted by molar-refractivity contribution is -0.486. The average molecular weight is 405 g/mol. The van der Waals surface area contributed by atoms with Crippen molar-refractivity contribution in [2.75, 3.05) is 13.1 Å². The Morgan fingerprint density at radius 2 is 2.14 bits per heavy atom. The molecule has 0 saturated carbocycles. The van der Waals surface area contributed by atoms with Crippen molar-refractivity contribution in [3.8, 4) is 0 Å². The van der Waals surface area contributed by atoms with Crippen LogP contribution in [0.2, 0.25) is 5.15 Å². The van der Waals surface area contributed by atoms with E-state index in [1.165, 1.54) is 4.31 Å². The maximum atomic E-state index is 10.7. The van der Waals surface area contributed by atoms with Crippen molar-refractivity contribution < 1.29 is 5.03 Å². The normalized spacial score (nSPS) is 17.4. The number of guanidine groups is 1. The van der Waals surface area contributed by atoms with E-state index in [4.69, 9.17) is 46.4 Å². The summed E-state index contributed by atoms with van der Waals surface area (Å²) in [4.78, 5) is 16.4. The molecule has 7 nitrogen and oxygen atoms in total. The molecule has 1 aromatic heterocycles. The fourth-order valence-corrected chi connectivity index (χ4v) is 3.35. The van der Waals surface area contributed by atoms with Crippen molar-refractivity contribution in [1.29, 1.82) is 0 Å². The molecule has 2 heterocycles. The third-order valence-electron chi connectivity index (χ3n) is 2.63. The molecule has 12 heteroatoms. The number of hydrazone groups is 1. The van der Waals surface area contributed by atoms with E-state index in [0.29, 0.717) is 24.8 Å². The fraction of sp³-hybridized carbons (Fsp3) is 0.400. The summed E-state index contributed by atoms with van der Waals surface area (Å²) in [6.45, 7) is 1.32. The second-order valence-corrected chi connectivity index (χ2v) is 8.76. The van der Waals surface area contributed by atoms with Crippen LogP contribution in [0.1, 0.15) is 5.56 Å². The van der Waals surface area contributed by atoms with Crippen molar-refractivity contribution in [3.63, 3.8) is 0 Å². The molecule has 120 valence electrons. The van der Waals surface area contributed by atoms with Gasteiger partial charge in [0.2, 0.25) is 0 Å². The second-order valence-electron chi connectivity index (χ2n) is 4.19. The predicted octanol–water partition coefficient (Wildman–Crippen LogP) is 3.38. The van der Waals surface area contributed by atoms with E-state index >= 15 is 0 Å². The molecule has 2 rings (SSSR count). The van der Waals surface area contributed by atoms with E-state index in [2.05, 4.69) is 10.1 Å². The van der Waals surface area contributed by atoms with Crippen LogP contribution in [0.4, 0.5) is 0 Å². The van der Waals surface area contributed by atoms with E-state index < -0.39 is 8.16 Å². The lowest BCUT2D eigenvalue weighted by Gasteiger charge is -2.22. The quantitative estimate of drug-likeness (QED) is 0.252. The smallest absolute Gasteiger partial charge is 0.284 e. The van der Waals surface area contributed by atoms with Gasteiger partial charge in [-0.2, -0.15) is 0 Å². The molecule has 1 aliphatic rings. The van der Waals surface area contributed by atoms with Crippen molar-refractivity contribution in [2.24, 2.45) is 5.10 Å². The Morgan fingerprint density at radius 1 is 1.41 bits per heavy atom. The number of hydrogen-bond donors (Lipinski definition) is 0. The van der Waals surface area contributed by atoms with Gasteiger partial charge in [0.1, 0.15) is 10.3 Å². The van der Waals surface area contributed by atoms with Crippen LogP contribution in [-0.2, 0) is 6.54 Å². The minimum atomic E-state index is -1.63. The molecule has 0 atom stereocenters. The van der Waals surface area contributed by atoms with Gasteiger partial charge in [0.25, 0.3) is 9.08 Å². The zero-order valence-electron chi connectivity index (χ0n) is 10.8. The fourth-order valence-electron chi connectivity index (χ4n) is 1.84. The molecule has 0 N–H and O–H groups in total. The summed E-state index contributed by atoms with van der Waals surface area (Å²) in [6, 6.07) is 3.43. The van der Waals surface area contributed by atoms with Crippen LogP contribution in [0, 0.1) is 10.1 Å². The highest BCUT2D eigenvalue weighted by Gasteiger charge is 2.36. The third kappa shape index (κ3) is 5.20. The van der Waals surface area contributed by atoms with Crippen LogP contribution < -0.4 is 0 Å². The molecular weight excluding hydrogens is 396 g/mol. The summed E-state index contributed by atoms with van der Waals surface area (Å²) in [5.74, 6) is 0.122. The molecule has 1 saturated heterocycles. The van der Waals surface area contributed by atoms with Crippen LogP contribution in [0.5, 0.6) is 0 Å². The first kappa shape index (κ1) is 17.7. The van der Waals surface area contributed by atoms with Crippen LogP contribution in [0.15, 0.2) is 23.4 Å². The summed E-state index contributed by atoms with van der Waals surface area (Å²) in [5, 5.41) is 13.7. The molecule has 22 heavy (non-hydrogen) atoms. The zero-order chi connectivity index (χ0) is 16.3. The Morgan fingerprint density at radius 3 is 2.68 bits per heavy atom. The Labute approximate surface area is 150 Å². The minimum Gasteiger partial charge on any atom is -0.331 e. The molecule has 0 aromatic carbocycles. The second kappa shape index (κ2) is 7.27. The molecule has 0 aliphatic carbocycles. The van der Waals surface area contributed by atoms with E-state index in [0.717, 1.165) is 17.5 Å². The van der Waals surface area contributed by atoms with E-state index in [1.807, 2.05) is 0 Å². The van der Waals surface area contributed by atoms with Gasteiger partial charge in [-0.1, -0.05) is 52.5 Å². The Kier molecular flexibility index (Phi) is 5.84. The summed E-state index contributed by atoms with van der Waals surface area (Å²) >= 11 is 23.7. The van der Waals surface area contributed by atoms with E-state index in [9.17, 15) is 10.1 Å². The minimum absolute atomic E-state index is 0.122. The van der Waals surface area contributed by atoms with Crippen molar-refractivity contribution in [1.82, 2.24) is 14.2 Å². The number of aromatic nitrogens is 1.